The van der Waals surface area contributed by atoms with Crippen molar-refractivity contribution in [1.82, 2.24) is 9.88 Å². The quantitative estimate of drug-likeness (QED) is 0.757. The van der Waals surface area contributed by atoms with Crippen molar-refractivity contribution in [1.29, 1.82) is 5.26 Å². The van der Waals surface area contributed by atoms with Crippen molar-refractivity contribution in [3.63, 3.8) is 0 Å². The Kier molecular flexibility index (Phi) is 5.36. The number of hydrogen-bond acceptors (Lipinski definition) is 5. The summed E-state index contributed by atoms with van der Waals surface area (Å²) < 4.78 is 5.48. The zero-order valence-corrected chi connectivity index (χ0v) is 16.1. The largest absolute Gasteiger partial charge is 0.379 e. The minimum Gasteiger partial charge on any atom is -0.379 e. The van der Waals surface area contributed by atoms with Crippen LogP contribution < -0.4 is 5.73 Å². The molecule has 1 atom stereocenters. The molecule has 28 heavy (non-hydrogen) atoms. The van der Waals surface area contributed by atoms with Crippen LogP contribution in [0.25, 0.3) is 22.2 Å². The number of ether oxygens (including phenoxy) is 1. The Hall–Kier alpha value is -2.78. The van der Waals surface area contributed by atoms with Gasteiger partial charge in [-0.15, -0.1) is 0 Å². The van der Waals surface area contributed by atoms with Crippen LogP contribution in [0.2, 0.25) is 0 Å². The van der Waals surface area contributed by atoms with Crippen LogP contribution in [0, 0.1) is 11.3 Å². The number of pyridine rings is 1. The number of benzene rings is 2. The number of nitrogens with two attached hydrogens (primary N) is 1. The molecule has 0 aliphatic carbocycles. The van der Waals surface area contributed by atoms with Crippen LogP contribution >= 0.6 is 0 Å². The van der Waals surface area contributed by atoms with Crippen molar-refractivity contribution in [2.24, 2.45) is 5.73 Å². The molecule has 0 bridgehead atoms. The monoisotopic (exact) mass is 372 g/mol. The number of hydrogen-bond donors (Lipinski definition) is 1. The molecule has 0 amide bonds. The van der Waals surface area contributed by atoms with Crippen molar-refractivity contribution < 1.29 is 4.74 Å². The van der Waals surface area contributed by atoms with Gasteiger partial charge in [0, 0.05) is 36.6 Å². The van der Waals surface area contributed by atoms with Crippen molar-refractivity contribution >= 4 is 10.9 Å². The predicted octanol–water partition coefficient (Wildman–Crippen LogP) is 3.63. The summed E-state index contributed by atoms with van der Waals surface area (Å²) in [6, 6.07) is 18.4. The van der Waals surface area contributed by atoms with E-state index >= 15 is 0 Å². The van der Waals surface area contributed by atoms with E-state index in [1.54, 1.807) is 0 Å². The van der Waals surface area contributed by atoms with E-state index in [0.29, 0.717) is 5.56 Å². The number of morpholine rings is 1. The van der Waals surface area contributed by atoms with Gasteiger partial charge in [0.2, 0.25) is 0 Å². The lowest BCUT2D eigenvalue weighted by molar-refractivity contribution is 0.0344. The highest BCUT2D eigenvalue weighted by atomic mass is 16.5. The van der Waals surface area contributed by atoms with Gasteiger partial charge in [-0.3, -0.25) is 4.90 Å². The maximum absolute atomic E-state index is 9.28. The molecule has 0 radical (unpaired) electrons. The summed E-state index contributed by atoms with van der Waals surface area (Å²) in [6.45, 7) is 6.23. The molecule has 1 unspecified atom stereocenters. The van der Waals surface area contributed by atoms with Gasteiger partial charge in [-0.2, -0.15) is 5.26 Å². The summed E-state index contributed by atoms with van der Waals surface area (Å²) in [5.41, 5.74) is 11.8. The van der Waals surface area contributed by atoms with Crippen LogP contribution in [-0.4, -0.2) is 36.2 Å². The molecule has 2 N–H and O–H groups in total. The zero-order valence-electron chi connectivity index (χ0n) is 16.1. The van der Waals surface area contributed by atoms with Crippen molar-refractivity contribution in [3.05, 3.63) is 65.2 Å². The Morgan fingerprint density at radius 2 is 1.89 bits per heavy atom. The average molecular weight is 372 g/mol. The standard InChI is InChI=1S/C23H24N4O/c1-16(25)18-3-5-19(6-4-18)22-13-20(15-27-8-10-28-11-9-27)21-7-2-17(14-24)12-23(21)26-22/h2-7,12-13,16H,8-11,15,25H2,1H3. The highest BCUT2D eigenvalue weighted by molar-refractivity contribution is 5.86. The molecule has 5 nitrogen and oxygen atoms in total. The first kappa shape index (κ1) is 18.6. The van der Waals surface area contributed by atoms with Gasteiger partial charge in [0.05, 0.1) is 36.1 Å². The molecule has 1 aromatic heterocycles. The zero-order chi connectivity index (χ0) is 19.5. The molecule has 0 spiro atoms. The highest BCUT2D eigenvalue weighted by Crippen LogP contribution is 2.27. The minimum absolute atomic E-state index is 0.00804. The topological polar surface area (TPSA) is 75.2 Å². The maximum Gasteiger partial charge on any atom is 0.0992 e. The fourth-order valence-corrected chi connectivity index (χ4v) is 3.61. The Labute approximate surface area is 165 Å². The molecule has 5 heteroatoms. The summed E-state index contributed by atoms with van der Waals surface area (Å²) >= 11 is 0. The fraction of sp³-hybridized carbons (Fsp3) is 0.304. The first-order chi connectivity index (χ1) is 13.6. The lowest BCUT2D eigenvalue weighted by Gasteiger charge is -2.27. The Morgan fingerprint density at radius 3 is 2.57 bits per heavy atom. The van der Waals surface area contributed by atoms with Gasteiger partial charge < -0.3 is 10.5 Å². The SMILES string of the molecule is CC(N)c1ccc(-c2cc(CN3CCOCC3)c3ccc(C#N)cc3n2)cc1. The van der Waals surface area contributed by atoms with E-state index in [0.717, 1.165) is 60.6 Å². The second-order valence-electron chi connectivity index (χ2n) is 7.31. The molecule has 1 fully saturated rings. The lowest BCUT2D eigenvalue weighted by Crippen LogP contribution is -2.35. The van der Waals surface area contributed by atoms with Crippen molar-refractivity contribution in [2.45, 2.75) is 19.5 Å². The lowest BCUT2D eigenvalue weighted by atomic mass is 10.0. The average Bonchev–Trinajstić information content (AvgIpc) is 2.74. The predicted molar refractivity (Wildman–Crippen MR) is 111 cm³/mol. The molecule has 2 heterocycles. The molecule has 2 aromatic carbocycles. The summed E-state index contributed by atoms with van der Waals surface area (Å²) in [4.78, 5) is 7.26. The van der Waals surface area contributed by atoms with E-state index in [1.807, 2.05) is 25.1 Å². The second kappa shape index (κ2) is 8.07. The third-order valence-corrected chi connectivity index (χ3v) is 5.25. The van der Waals surface area contributed by atoms with Gasteiger partial charge in [-0.1, -0.05) is 30.3 Å². The van der Waals surface area contributed by atoms with Crippen LogP contribution in [0.15, 0.2) is 48.5 Å². The van der Waals surface area contributed by atoms with E-state index in [4.69, 9.17) is 15.5 Å². The van der Waals surface area contributed by atoms with Crippen LogP contribution in [0.5, 0.6) is 0 Å². The van der Waals surface area contributed by atoms with E-state index in [9.17, 15) is 5.26 Å². The first-order valence-electron chi connectivity index (χ1n) is 9.64. The van der Waals surface area contributed by atoms with Crippen LogP contribution in [0.4, 0.5) is 0 Å². The molecule has 3 aromatic rings. The third kappa shape index (κ3) is 3.90. The highest BCUT2D eigenvalue weighted by Gasteiger charge is 2.15. The van der Waals surface area contributed by atoms with E-state index < -0.39 is 0 Å². The molecule has 142 valence electrons. The van der Waals surface area contributed by atoms with Gasteiger partial charge in [-0.25, -0.2) is 4.98 Å². The number of aromatic nitrogens is 1. The van der Waals surface area contributed by atoms with Crippen LogP contribution in [0.3, 0.4) is 0 Å². The van der Waals surface area contributed by atoms with Gasteiger partial charge >= 0.3 is 0 Å². The first-order valence-corrected chi connectivity index (χ1v) is 9.64. The molecule has 0 saturated carbocycles. The number of fused-ring (bicyclic) bond motifs is 1. The Balaban J connectivity index is 1.78. The third-order valence-electron chi connectivity index (χ3n) is 5.25. The summed E-state index contributed by atoms with van der Waals surface area (Å²) in [6.07, 6.45) is 0. The summed E-state index contributed by atoms with van der Waals surface area (Å²) in [5, 5.41) is 10.4. The van der Waals surface area contributed by atoms with Crippen LogP contribution in [-0.2, 0) is 11.3 Å². The van der Waals surface area contributed by atoms with E-state index in [2.05, 4.69) is 41.3 Å². The fourth-order valence-electron chi connectivity index (χ4n) is 3.61. The normalized spacial score (nSPS) is 16.0. The Bertz CT molecular complexity index is 1020. The van der Waals surface area contributed by atoms with Crippen LogP contribution in [0.1, 0.15) is 29.7 Å². The van der Waals surface area contributed by atoms with Gasteiger partial charge in [0.1, 0.15) is 0 Å². The second-order valence-corrected chi connectivity index (χ2v) is 7.31. The number of nitrogens with zero attached hydrogens (tertiary/aromatic N) is 3. The van der Waals surface area contributed by atoms with Crippen molar-refractivity contribution in [3.8, 4) is 17.3 Å². The molecular formula is C23H24N4O. The van der Waals surface area contributed by atoms with Gasteiger partial charge in [-0.05, 0) is 36.2 Å². The maximum atomic E-state index is 9.28. The van der Waals surface area contributed by atoms with E-state index in [-0.39, 0.29) is 6.04 Å². The minimum atomic E-state index is 0.00804. The number of nitriles is 1. The molecular weight excluding hydrogens is 348 g/mol. The molecule has 1 aliphatic rings. The van der Waals surface area contributed by atoms with Crippen molar-refractivity contribution in [2.75, 3.05) is 26.3 Å². The summed E-state index contributed by atoms with van der Waals surface area (Å²) in [5.74, 6) is 0. The number of rotatable bonds is 4. The molecule has 1 aliphatic heterocycles. The van der Waals surface area contributed by atoms with E-state index in [1.165, 1.54) is 5.56 Å². The summed E-state index contributed by atoms with van der Waals surface area (Å²) in [7, 11) is 0. The molecule has 4 rings (SSSR count). The van der Waals surface area contributed by atoms with Gasteiger partial charge in [0.25, 0.3) is 0 Å². The smallest absolute Gasteiger partial charge is 0.0992 e. The van der Waals surface area contributed by atoms with Gasteiger partial charge in [0.15, 0.2) is 0 Å². The Morgan fingerprint density at radius 1 is 1.14 bits per heavy atom. The molecule has 1 saturated heterocycles.